The van der Waals surface area contributed by atoms with Gasteiger partial charge < -0.3 is 15.3 Å². The average molecular weight is 263 g/mol. The molecule has 0 saturated heterocycles. The number of hydrogen-bond acceptors (Lipinski definition) is 3. The molecule has 0 aliphatic heterocycles. The van der Waals surface area contributed by atoms with Crippen molar-refractivity contribution in [1.82, 2.24) is 9.88 Å². The van der Waals surface area contributed by atoms with Crippen LogP contribution in [0.1, 0.15) is 24.8 Å². The van der Waals surface area contributed by atoms with Crippen molar-refractivity contribution in [3.05, 3.63) is 24.0 Å². The molecular formula is C13H17N3O3. The molecule has 102 valence electrons. The maximum atomic E-state index is 12.1. The third-order valence-electron chi connectivity index (χ3n) is 2.94. The smallest absolute Gasteiger partial charge is 0.322 e. The van der Waals surface area contributed by atoms with Gasteiger partial charge in [-0.15, -0.1) is 0 Å². The molecule has 2 N–H and O–H groups in total. The van der Waals surface area contributed by atoms with E-state index >= 15 is 0 Å². The number of urea groups is 1. The largest absolute Gasteiger partial charge is 0.481 e. The molecule has 6 nitrogen and oxygen atoms in total. The molecular weight excluding hydrogens is 246 g/mol. The van der Waals surface area contributed by atoms with E-state index in [0.29, 0.717) is 5.69 Å². The van der Waals surface area contributed by atoms with Crippen molar-refractivity contribution in [2.45, 2.75) is 32.2 Å². The van der Waals surface area contributed by atoms with Crippen LogP contribution in [0, 0.1) is 6.92 Å². The second-order valence-corrected chi connectivity index (χ2v) is 4.75. The Hall–Kier alpha value is -2.11. The van der Waals surface area contributed by atoms with E-state index in [-0.39, 0.29) is 25.0 Å². The van der Waals surface area contributed by atoms with Gasteiger partial charge in [-0.3, -0.25) is 9.78 Å². The van der Waals surface area contributed by atoms with Crippen LogP contribution in [0.15, 0.2) is 18.5 Å². The van der Waals surface area contributed by atoms with E-state index in [1.54, 1.807) is 17.3 Å². The molecule has 0 atom stereocenters. The van der Waals surface area contributed by atoms with Gasteiger partial charge in [-0.2, -0.15) is 0 Å². The number of carboxylic acid groups (broad SMARTS) is 1. The Kier molecular flexibility index (Phi) is 3.99. The lowest BCUT2D eigenvalue weighted by atomic mass is 10.3. The van der Waals surface area contributed by atoms with Crippen molar-refractivity contribution in [3.63, 3.8) is 0 Å². The van der Waals surface area contributed by atoms with Crippen molar-refractivity contribution in [2.75, 3.05) is 11.9 Å². The van der Waals surface area contributed by atoms with Crippen LogP contribution in [0.4, 0.5) is 10.5 Å². The topological polar surface area (TPSA) is 82.5 Å². The molecule has 6 heteroatoms. The highest BCUT2D eigenvalue weighted by molar-refractivity contribution is 5.89. The van der Waals surface area contributed by atoms with Gasteiger partial charge in [0.05, 0.1) is 18.3 Å². The Labute approximate surface area is 111 Å². The molecule has 0 aromatic carbocycles. The number of anilines is 1. The Balaban J connectivity index is 1.97. The third kappa shape index (κ3) is 3.94. The van der Waals surface area contributed by atoms with Crippen molar-refractivity contribution in [1.29, 1.82) is 0 Å². The number of pyridine rings is 1. The summed E-state index contributed by atoms with van der Waals surface area (Å²) < 4.78 is 0. The number of nitrogens with one attached hydrogen (secondary N) is 1. The van der Waals surface area contributed by atoms with Crippen LogP contribution in [0.3, 0.4) is 0 Å². The minimum Gasteiger partial charge on any atom is -0.481 e. The van der Waals surface area contributed by atoms with Gasteiger partial charge >= 0.3 is 12.0 Å². The second kappa shape index (κ2) is 5.69. The summed E-state index contributed by atoms with van der Waals surface area (Å²) in [5.74, 6) is -0.893. The molecule has 0 unspecified atom stereocenters. The zero-order valence-electron chi connectivity index (χ0n) is 10.8. The van der Waals surface area contributed by atoms with E-state index in [1.807, 2.05) is 13.0 Å². The summed E-state index contributed by atoms with van der Waals surface area (Å²) in [6.07, 6.45) is 5.14. The van der Waals surface area contributed by atoms with Crippen LogP contribution < -0.4 is 5.32 Å². The molecule has 0 bridgehead atoms. The normalized spacial score (nSPS) is 13.9. The van der Waals surface area contributed by atoms with E-state index in [1.165, 1.54) is 0 Å². The number of amides is 2. The van der Waals surface area contributed by atoms with Gasteiger partial charge in [0, 0.05) is 18.8 Å². The van der Waals surface area contributed by atoms with Gasteiger partial charge in [0.15, 0.2) is 0 Å². The van der Waals surface area contributed by atoms with E-state index in [9.17, 15) is 9.59 Å². The molecule has 0 radical (unpaired) electrons. The summed E-state index contributed by atoms with van der Waals surface area (Å²) in [5.41, 5.74) is 1.59. The SMILES string of the molecule is Cc1cncc(NC(=O)N(CCC(=O)O)C2CC2)c1. The van der Waals surface area contributed by atoms with Crippen LogP contribution in [-0.4, -0.2) is 39.6 Å². The zero-order chi connectivity index (χ0) is 13.8. The predicted octanol–water partition coefficient (Wildman–Crippen LogP) is 1.86. The number of carbonyl (C=O) groups excluding carboxylic acids is 1. The summed E-state index contributed by atoms with van der Waals surface area (Å²) in [6, 6.07) is 1.75. The molecule has 2 rings (SSSR count). The van der Waals surface area contributed by atoms with E-state index < -0.39 is 5.97 Å². The van der Waals surface area contributed by atoms with Crippen LogP contribution in [0.2, 0.25) is 0 Å². The highest BCUT2D eigenvalue weighted by atomic mass is 16.4. The van der Waals surface area contributed by atoms with Gasteiger partial charge in [0.1, 0.15) is 0 Å². The summed E-state index contributed by atoms with van der Waals surface area (Å²) in [4.78, 5) is 28.3. The molecule has 1 aromatic rings. The van der Waals surface area contributed by atoms with Gasteiger partial charge in [0.25, 0.3) is 0 Å². The van der Waals surface area contributed by atoms with Crippen LogP contribution in [0.25, 0.3) is 0 Å². The number of carboxylic acids is 1. The summed E-state index contributed by atoms with van der Waals surface area (Å²) in [6.45, 7) is 2.14. The fourth-order valence-electron chi connectivity index (χ4n) is 1.87. The second-order valence-electron chi connectivity index (χ2n) is 4.75. The number of rotatable bonds is 5. The lowest BCUT2D eigenvalue weighted by Gasteiger charge is -2.22. The first-order chi connectivity index (χ1) is 9.06. The Morgan fingerprint density at radius 2 is 2.21 bits per heavy atom. The van der Waals surface area contributed by atoms with Crippen molar-refractivity contribution in [2.24, 2.45) is 0 Å². The molecule has 1 fully saturated rings. The Morgan fingerprint density at radius 1 is 1.47 bits per heavy atom. The standard InChI is InChI=1S/C13H17N3O3/c1-9-6-10(8-14-7-9)15-13(19)16(11-2-3-11)5-4-12(17)18/h6-8,11H,2-5H2,1H3,(H,15,19)(H,17,18). The van der Waals surface area contributed by atoms with Crippen molar-refractivity contribution >= 4 is 17.7 Å². The highest BCUT2D eigenvalue weighted by Gasteiger charge is 2.32. The molecule has 1 aliphatic carbocycles. The van der Waals surface area contributed by atoms with Crippen molar-refractivity contribution in [3.8, 4) is 0 Å². The summed E-state index contributed by atoms with van der Waals surface area (Å²) >= 11 is 0. The number of hydrogen-bond donors (Lipinski definition) is 2. The van der Waals surface area contributed by atoms with E-state index in [4.69, 9.17) is 5.11 Å². The lowest BCUT2D eigenvalue weighted by molar-refractivity contribution is -0.137. The molecule has 2 amide bonds. The van der Waals surface area contributed by atoms with Crippen LogP contribution in [-0.2, 0) is 4.79 Å². The zero-order valence-corrected chi connectivity index (χ0v) is 10.8. The predicted molar refractivity (Wildman–Crippen MR) is 70.0 cm³/mol. The number of aliphatic carboxylic acids is 1. The first-order valence-electron chi connectivity index (χ1n) is 6.27. The first-order valence-corrected chi connectivity index (χ1v) is 6.27. The number of aryl methyl sites for hydroxylation is 1. The summed E-state index contributed by atoms with van der Waals surface area (Å²) in [5, 5.41) is 11.5. The Morgan fingerprint density at radius 3 is 2.79 bits per heavy atom. The summed E-state index contributed by atoms with van der Waals surface area (Å²) in [7, 11) is 0. The number of nitrogens with zero attached hydrogens (tertiary/aromatic N) is 2. The van der Waals surface area contributed by atoms with E-state index in [2.05, 4.69) is 10.3 Å². The fraction of sp³-hybridized carbons (Fsp3) is 0.462. The van der Waals surface area contributed by atoms with Crippen LogP contribution >= 0.6 is 0 Å². The molecule has 0 spiro atoms. The lowest BCUT2D eigenvalue weighted by Crippen LogP contribution is -2.38. The van der Waals surface area contributed by atoms with Gasteiger partial charge in [-0.05, 0) is 31.4 Å². The third-order valence-corrected chi connectivity index (χ3v) is 2.94. The van der Waals surface area contributed by atoms with Gasteiger partial charge in [-0.25, -0.2) is 4.79 Å². The molecule has 19 heavy (non-hydrogen) atoms. The van der Waals surface area contributed by atoms with Crippen LogP contribution in [0.5, 0.6) is 0 Å². The molecule has 1 heterocycles. The number of aromatic nitrogens is 1. The quantitative estimate of drug-likeness (QED) is 0.849. The maximum absolute atomic E-state index is 12.1. The minimum absolute atomic E-state index is 0.0318. The van der Waals surface area contributed by atoms with Gasteiger partial charge in [-0.1, -0.05) is 0 Å². The minimum atomic E-state index is -0.893. The van der Waals surface area contributed by atoms with Gasteiger partial charge in [0.2, 0.25) is 0 Å². The van der Waals surface area contributed by atoms with E-state index in [0.717, 1.165) is 18.4 Å². The first kappa shape index (κ1) is 13.3. The monoisotopic (exact) mass is 263 g/mol. The molecule has 1 aromatic heterocycles. The molecule has 1 aliphatic rings. The highest BCUT2D eigenvalue weighted by Crippen LogP contribution is 2.27. The van der Waals surface area contributed by atoms with Crippen molar-refractivity contribution < 1.29 is 14.7 Å². The Bertz CT molecular complexity index is 486. The average Bonchev–Trinajstić information content (AvgIpc) is 3.13. The maximum Gasteiger partial charge on any atom is 0.322 e. The molecule has 1 saturated carbocycles. The number of carbonyl (C=O) groups is 2. The fourth-order valence-corrected chi connectivity index (χ4v) is 1.87.